The minimum absolute atomic E-state index is 0.429. The van der Waals surface area contributed by atoms with Crippen LogP contribution in [-0.4, -0.2) is 0 Å². The highest BCUT2D eigenvalue weighted by Gasteiger charge is 2.09. The monoisotopic (exact) mass is 271 g/mol. The van der Waals surface area contributed by atoms with Crippen molar-refractivity contribution in [3.8, 4) is 0 Å². The Labute approximate surface area is 109 Å². The van der Waals surface area contributed by atoms with Gasteiger partial charge in [-0.2, -0.15) is 0 Å². The Balaban J connectivity index is 2.38. The predicted octanol–water partition coefficient (Wildman–Crippen LogP) is 5.39. The Morgan fingerprint density at radius 1 is 0.750 bits per heavy atom. The van der Waals surface area contributed by atoms with Gasteiger partial charge in [-0.1, -0.05) is 53.0 Å². The van der Waals surface area contributed by atoms with Crippen molar-refractivity contribution in [3.63, 3.8) is 0 Å². The molecule has 0 saturated heterocycles. The first kappa shape index (κ1) is 11.6. The van der Waals surface area contributed by atoms with Crippen molar-refractivity contribution in [2.24, 2.45) is 0 Å². The third-order valence-electron chi connectivity index (χ3n) is 2.09. The van der Waals surface area contributed by atoms with Crippen LogP contribution in [0.4, 0.5) is 11.4 Å². The predicted molar refractivity (Wildman–Crippen MR) is 71.2 cm³/mol. The largest absolute Gasteiger partial charge is 0.353 e. The van der Waals surface area contributed by atoms with Crippen molar-refractivity contribution in [2.45, 2.75) is 0 Å². The quantitative estimate of drug-likeness (QED) is 0.723. The lowest BCUT2D eigenvalue weighted by Crippen LogP contribution is -1.92. The van der Waals surface area contributed by atoms with E-state index in [0.29, 0.717) is 20.8 Å². The highest BCUT2D eigenvalue weighted by molar-refractivity contribution is 6.46. The number of rotatable bonds is 2. The van der Waals surface area contributed by atoms with Crippen LogP contribution < -0.4 is 5.32 Å². The summed E-state index contributed by atoms with van der Waals surface area (Å²) in [6.07, 6.45) is 0. The molecule has 0 bridgehead atoms. The van der Waals surface area contributed by atoms with E-state index in [4.69, 9.17) is 34.8 Å². The summed E-state index contributed by atoms with van der Waals surface area (Å²) in [7, 11) is 0. The molecule has 0 amide bonds. The number of nitrogens with one attached hydrogen (secondary N) is 1. The normalized spacial score (nSPS) is 10.2. The third kappa shape index (κ3) is 2.43. The molecule has 0 heterocycles. The first-order valence-corrected chi connectivity index (χ1v) is 5.77. The maximum atomic E-state index is 6.07. The lowest BCUT2D eigenvalue weighted by atomic mass is 10.2. The topological polar surface area (TPSA) is 12.0 Å². The second kappa shape index (κ2) is 4.96. The molecule has 0 atom stereocenters. The van der Waals surface area contributed by atoms with Crippen LogP contribution in [-0.2, 0) is 0 Å². The Bertz CT molecular complexity index is 497. The molecule has 0 saturated carbocycles. The summed E-state index contributed by atoms with van der Waals surface area (Å²) in [5.74, 6) is 0. The highest BCUT2D eigenvalue weighted by Crippen LogP contribution is 2.37. The summed E-state index contributed by atoms with van der Waals surface area (Å²) in [4.78, 5) is 0. The molecule has 0 aliphatic rings. The molecular formula is C12H8Cl3N. The van der Waals surface area contributed by atoms with E-state index in [1.165, 1.54) is 0 Å². The SMILES string of the molecule is Clc1ccc(Cl)c(Nc2ccccc2)c1Cl. The van der Waals surface area contributed by atoms with Gasteiger partial charge in [0.25, 0.3) is 0 Å². The van der Waals surface area contributed by atoms with Gasteiger partial charge in [0.15, 0.2) is 0 Å². The lowest BCUT2D eigenvalue weighted by molar-refractivity contribution is 1.55. The van der Waals surface area contributed by atoms with Gasteiger partial charge in [-0.25, -0.2) is 0 Å². The Kier molecular flexibility index (Phi) is 3.59. The zero-order chi connectivity index (χ0) is 11.5. The average molecular weight is 273 g/mol. The number of hydrogen-bond donors (Lipinski definition) is 1. The van der Waals surface area contributed by atoms with Gasteiger partial charge in [0, 0.05) is 5.69 Å². The zero-order valence-electron chi connectivity index (χ0n) is 8.18. The molecule has 0 aromatic heterocycles. The van der Waals surface area contributed by atoms with E-state index in [0.717, 1.165) is 5.69 Å². The summed E-state index contributed by atoms with van der Waals surface area (Å²) in [5.41, 5.74) is 1.54. The molecule has 1 nitrogen and oxygen atoms in total. The smallest absolute Gasteiger partial charge is 0.0842 e. The molecule has 2 aromatic rings. The van der Waals surface area contributed by atoms with Crippen LogP contribution >= 0.6 is 34.8 Å². The van der Waals surface area contributed by atoms with Gasteiger partial charge in [-0.05, 0) is 24.3 Å². The molecule has 2 rings (SSSR count). The van der Waals surface area contributed by atoms with Crippen molar-refractivity contribution < 1.29 is 0 Å². The van der Waals surface area contributed by atoms with Gasteiger partial charge in [-0.3, -0.25) is 0 Å². The van der Waals surface area contributed by atoms with E-state index < -0.39 is 0 Å². The van der Waals surface area contributed by atoms with Crippen LogP contribution in [0.1, 0.15) is 0 Å². The lowest BCUT2D eigenvalue weighted by Gasteiger charge is -2.11. The average Bonchev–Trinajstić information content (AvgIpc) is 2.31. The summed E-state index contributed by atoms with van der Waals surface area (Å²) in [6.45, 7) is 0. The second-order valence-electron chi connectivity index (χ2n) is 3.21. The van der Waals surface area contributed by atoms with Crippen molar-refractivity contribution >= 4 is 46.2 Å². The zero-order valence-corrected chi connectivity index (χ0v) is 10.4. The molecule has 0 radical (unpaired) electrons. The molecule has 0 aliphatic carbocycles. The molecular weight excluding hydrogens is 264 g/mol. The van der Waals surface area contributed by atoms with Crippen molar-refractivity contribution in [3.05, 3.63) is 57.5 Å². The van der Waals surface area contributed by atoms with E-state index in [9.17, 15) is 0 Å². The first-order chi connectivity index (χ1) is 7.68. The van der Waals surface area contributed by atoms with E-state index in [-0.39, 0.29) is 0 Å². The van der Waals surface area contributed by atoms with Gasteiger partial charge in [-0.15, -0.1) is 0 Å². The molecule has 0 fully saturated rings. The number of benzene rings is 2. The molecule has 0 aliphatic heterocycles. The molecule has 0 spiro atoms. The first-order valence-electron chi connectivity index (χ1n) is 4.64. The van der Waals surface area contributed by atoms with Crippen LogP contribution in [0.2, 0.25) is 15.1 Å². The highest BCUT2D eigenvalue weighted by atomic mass is 35.5. The van der Waals surface area contributed by atoms with Crippen LogP contribution in [0.5, 0.6) is 0 Å². The van der Waals surface area contributed by atoms with E-state index in [1.54, 1.807) is 12.1 Å². The van der Waals surface area contributed by atoms with E-state index in [1.807, 2.05) is 30.3 Å². The Morgan fingerprint density at radius 3 is 2.06 bits per heavy atom. The van der Waals surface area contributed by atoms with Gasteiger partial charge in [0.2, 0.25) is 0 Å². The number of para-hydroxylation sites is 1. The third-order valence-corrected chi connectivity index (χ3v) is 3.21. The maximum Gasteiger partial charge on any atom is 0.0842 e. The van der Waals surface area contributed by atoms with Crippen LogP contribution in [0.25, 0.3) is 0 Å². The van der Waals surface area contributed by atoms with Crippen molar-refractivity contribution in [1.82, 2.24) is 0 Å². The number of anilines is 2. The summed E-state index contributed by atoms with van der Waals surface area (Å²) >= 11 is 18.0. The molecule has 0 unspecified atom stereocenters. The fourth-order valence-electron chi connectivity index (χ4n) is 1.31. The molecule has 16 heavy (non-hydrogen) atoms. The van der Waals surface area contributed by atoms with Gasteiger partial charge >= 0.3 is 0 Å². The molecule has 4 heteroatoms. The molecule has 2 aromatic carbocycles. The van der Waals surface area contributed by atoms with Gasteiger partial charge in [0.1, 0.15) is 0 Å². The maximum absolute atomic E-state index is 6.07. The molecule has 82 valence electrons. The van der Waals surface area contributed by atoms with Gasteiger partial charge in [0.05, 0.1) is 20.8 Å². The minimum atomic E-state index is 0.429. The summed E-state index contributed by atoms with van der Waals surface area (Å²) in [5, 5.41) is 4.58. The van der Waals surface area contributed by atoms with Gasteiger partial charge < -0.3 is 5.32 Å². The Morgan fingerprint density at radius 2 is 1.38 bits per heavy atom. The van der Waals surface area contributed by atoms with E-state index >= 15 is 0 Å². The number of halogens is 3. The van der Waals surface area contributed by atoms with Crippen molar-refractivity contribution in [1.29, 1.82) is 0 Å². The minimum Gasteiger partial charge on any atom is -0.353 e. The molecule has 1 N–H and O–H groups in total. The second-order valence-corrected chi connectivity index (χ2v) is 4.40. The summed E-state index contributed by atoms with van der Waals surface area (Å²) in [6, 6.07) is 13.0. The Hall–Kier alpha value is -0.890. The van der Waals surface area contributed by atoms with Crippen LogP contribution in [0.15, 0.2) is 42.5 Å². The fourth-order valence-corrected chi connectivity index (χ4v) is 1.93. The van der Waals surface area contributed by atoms with Crippen molar-refractivity contribution in [2.75, 3.05) is 5.32 Å². The summed E-state index contributed by atoms with van der Waals surface area (Å²) < 4.78 is 0. The van der Waals surface area contributed by atoms with Crippen LogP contribution in [0, 0.1) is 0 Å². The van der Waals surface area contributed by atoms with E-state index in [2.05, 4.69) is 5.32 Å². The van der Waals surface area contributed by atoms with Crippen LogP contribution in [0.3, 0.4) is 0 Å². The standard InChI is InChI=1S/C12H8Cl3N/c13-9-6-7-10(14)12(11(9)15)16-8-4-2-1-3-5-8/h1-7,16H. The number of hydrogen-bond acceptors (Lipinski definition) is 1. The fraction of sp³-hybridized carbons (Fsp3) is 0.